The number of aliphatic hydroxyl groups is 1. The lowest BCUT2D eigenvalue weighted by Gasteiger charge is -2.11. The van der Waals surface area contributed by atoms with Crippen LogP contribution in [-0.4, -0.2) is 24.2 Å². The normalized spacial score (nSPS) is 10.3. The molecule has 2 aromatic carbocycles. The summed E-state index contributed by atoms with van der Waals surface area (Å²) in [5.41, 5.74) is 0.604. The molecule has 0 saturated carbocycles. The van der Waals surface area contributed by atoms with Gasteiger partial charge in [0.25, 0.3) is 5.91 Å². The van der Waals surface area contributed by atoms with Crippen molar-refractivity contribution >= 4 is 5.91 Å². The van der Waals surface area contributed by atoms with Crippen molar-refractivity contribution in [3.8, 4) is 5.75 Å². The van der Waals surface area contributed by atoms with Crippen molar-refractivity contribution in [2.24, 2.45) is 0 Å². The SMILES string of the molecule is O=C(NCc1ccccc1OCCO)c1cc(F)cc(F)c1. The molecule has 2 N–H and O–H groups in total. The summed E-state index contributed by atoms with van der Waals surface area (Å²) in [7, 11) is 0. The maximum Gasteiger partial charge on any atom is 0.251 e. The maximum atomic E-state index is 13.1. The molecule has 0 fully saturated rings. The first-order valence-corrected chi connectivity index (χ1v) is 6.66. The number of benzene rings is 2. The van der Waals surface area contributed by atoms with Gasteiger partial charge in [-0.2, -0.15) is 0 Å². The fourth-order valence-electron chi connectivity index (χ4n) is 1.91. The maximum absolute atomic E-state index is 13.1. The molecule has 1 amide bonds. The number of rotatable bonds is 6. The van der Waals surface area contributed by atoms with Crippen LogP contribution in [0.3, 0.4) is 0 Å². The van der Waals surface area contributed by atoms with Gasteiger partial charge in [-0.05, 0) is 18.2 Å². The second-order valence-corrected chi connectivity index (χ2v) is 4.52. The number of hydrogen-bond acceptors (Lipinski definition) is 3. The monoisotopic (exact) mass is 307 g/mol. The number of nitrogens with one attached hydrogen (secondary N) is 1. The molecule has 2 rings (SSSR count). The molecule has 2 aromatic rings. The summed E-state index contributed by atoms with van der Waals surface area (Å²) in [6.07, 6.45) is 0. The molecule has 0 spiro atoms. The zero-order valence-corrected chi connectivity index (χ0v) is 11.7. The predicted molar refractivity (Wildman–Crippen MR) is 76.6 cm³/mol. The second kappa shape index (κ2) is 7.51. The van der Waals surface area contributed by atoms with Crippen LogP contribution in [0.2, 0.25) is 0 Å². The zero-order chi connectivity index (χ0) is 15.9. The van der Waals surface area contributed by atoms with Gasteiger partial charge in [0.1, 0.15) is 24.0 Å². The quantitative estimate of drug-likeness (QED) is 0.860. The minimum atomic E-state index is -0.808. The Morgan fingerprint density at radius 2 is 1.82 bits per heavy atom. The number of ether oxygens (including phenoxy) is 1. The van der Waals surface area contributed by atoms with Crippen molar-refractivity contribution < 1.29 is 23.4 Å². The molecule has 0 atom stereocenters. The Morgan fingerprint density at radius 1 is 1.14 bits per heavy atom. The molecule has 0 bridgehead atoms. The van der Waals surface area contributed by atoms with Gasteiger partial charge < -0.3 is 15.2 Å². The molecule has 0 aliphatic carbocycles. The second-order valence-electron chi connectivity index (χ2n) is 4.52. The Morgan fingerprint density at radius 3 is 2.50 bits per heavy atom. The van der Waals surface area contributed by atoms with E-state index in [2.05, 4.69) is 5.32 Å². The van der Waals surface area contributed by atoms with Crippen LogP contribution in [0.1, 0.15) is 15.9 Å². The van der Waals surface area contributed by atoms with Gasteiger partial charge in [-0.3, -0.25) is 4.79 Å². The Balaban J connectivity index is 2.05. The van der Waals surface area contributed by atoms with E-state index in [1.807, 2.05) is 0 Å². The van der Waals surface area contributed by atoms with Gasteiger partial charge >= 0.3 is 0 Å². The van der Waals surface area contributed by atoms with Crippen molar-refractivity contribution in [2.45, 2.75) is 6.54 Å². The van der Waals surface area contributed by atoms with E-state index in [1.54, 1.807) is 24.3 Å². The van der Waals surface area contributed by atoms with Crippen LogP contribution in [0.5, 0.6) is 5.75 Å². The molecule has 0 radical (unpaired) electrons. The van der Waals surface area contributed by atoms with Crippen molar-refractivity contribution in [1.29, 1.82) is 0 Å². The van der Waals surface area contributed by atoms with E-state index in [9.17, 15) is 13.6 Å². The summed E-state index contributed by atoms with van der Waals surface area (Å²) in [6.45, 7) is 0.155. The lowest BCUT2D eigenvalue weighted by atomic mass is 10.1. The average molecular weight is 307 g/mol. The number of carbonyl (C=O) groups excluding carboxylic acids is 1. The Labute approximate surface area is 126 Å². The molecule has 0 unspecified atom stereocenters. The van der Waals surface area contributed by atoms with Crippen molar-refractivity contribution in [3.63, 3.8) is 0 Å². The van der Waals surface area contributed by atoms with Crippen LogP contribution < -0.4 is 10.1 Å². The van der Waals surface area contributed by atoms with Crippen LogP contribution in [0.4, 0.5) is 8.78 Å². The van der Waals surface area contributed by atoms with Gasteiger partial charge in [0.05, 0.1) is 6.61 Å². The van der Waals surface area contributed by atoms with Crippen molar-refractivity contribution in [2.75, 3.05) is 13.2 Å². The van der Waals surface area contributed by atoms with Crippen LogP contribution in [-0.2, 0) is 6.54 Å². The third kappa shape index (κ3) is 4.26. The molecule has 4 nitrogen and oxygen atoms in total. The summed E-state index contributed by atoms with van der Waals surface area (Å²) in [6, 6.07) is 9.63. The van der Waals surface area contributed by atoms with E-state index in [4.69, 9.17) is 9.84 Å². The molecule has 22 heavy (non-hydrogen) atoms. The van der Waals surface area contributed by atoms with Crippen LogP contribution in [0.15, 0.2) is 42.5 Å². The van der Waals surface area contributed by atoms with E-state index in [1.165, 1.54) is 0 Å². The van der Waals surface area contributed by atoms with Gasteiger partial charge in [-0.1, -0.05) is 18.2 Å². The van der Waals surface area contributed by atoms with E-state index >= 15 is 0 Å². The summed E-state index contributed by atoms with van der Waals surface area (Å²) in [5.74, 6) is -1.67. The van der Waals surface area contributed by atoms with E-state index in [0.29, 0.717) is 17.4 Å². The first-order chi connectivity index (χ1) is 10.6. The van der Waals surface area contributed by atoms with Crippen molar-refractivity contribution in [3.05, 3.63) is 65.2 Å². The molecule has 0 heterocycles. The summed E-state index contributed by atoms with van der Waals surface area (Å²) < 4.78 is 31.5. The first kappa shape index (κ1) is 15.9. The van der Waals surface area contributed by atoms with E-state index in [-0.39, 0.29) is 25.3 Å². The fourth-order valence-corrected chi connectivity index (χ4v) is 1.91. The number of halogens is 2. The van der Waals surface area contributed by atoms with Gasteiger partial charge in [-0.15, -0.1) is 0 Å². The smallest absolute Gasteiger partial charge is 0.251 e. The largest absolute Gasteiger partial charge is 0.491 e. The molecule has 6 heteroatoms. The summed E-state index contributed by atoms with van der Waals surface area (Å²) >= 11 is 0. The molecular formula is C16H15F2NO3. The van der Waals surface area contributed by atoms with Crippen LogP contribution in [0, 0.1) is 11.6 Å². The summed E-state index contributed by atoms with van der Waals surface area (Å²) in [4.78, 5) is 11.9. The van der Waals surface area contributed by atoms with Gasteiger partial charge in [-0.25, -0.2) is 8.78 Å². The zero-order valence-electron chi connectivity index (χ0n) is 11.7. The van der Waals surface area contributed by atoms with Gasteiger partial charge in [0.2, 0.25) is 0 Å². The number of amides is 1. The lowest BCUT2D eigenvalue weighted by Crippen LogP contribution is -2.23. The van der Waals surface area contributed by atoms with Crippen molar-refractivity contribution in [1.82, 2.24) is 5.32 Å². The topological polar surface area (TPSA) is 58.6 Å². The lowest BCUT2D eigenvalue weighted by molar-refractivity contribution is 0.0949. The first-order valence-electron chi connectivity index (χ1n) is 6.66. The van der Waals surface area contributed by atoms with E-state index < -0.39 is 17.5 Å². The molecule has 116 valence electrons. The number of para-hydroxylation sites is 1. The molecule has 0 saturated heterocycles. The molecular weight excluding hydrogens is 292 g/mol. The Hall–Kier alpha value is -2.47. The van der Waals surface area contributed by atoms with Gasteiger partial charge in [0, 0.05) is 23.7 Å². The molecule has 0 aliphatic rings. The average Bonchev–Trinajstić information content (AvgIpc) is 2.50. The Bertz CT molecular complexity index is 641. The minimum Gasteiger partial charge on any atom is -0.491 e. The fraction of sp³-hybridized carbons (Fsp3) is 0.188. The van der Waals surface area contributed by atoms with Crippen LogP contribution in [0.25, 0.3) is 0 Å². The number of carbonyl (C=O) groups is 1. The highest BCUT2D eigenvalue weighted by molar-refractivity contribution is 5.94. The highest BCUT2D eigenvalue weighted by Gasteiger charge is 2.10. The summed E-state index contributed by atoms with van der Waals surface area (Å²) in [5, 5.41) is 11.3. The number of aliphatic hydroxyl groups excluding tert-OH is 1. The predicted octanol–water partition coefficient (Wildman–Crippen LogP) is 2.27. The molecule has 0 aromatic heterocycles. The van der Waals surface area contributed by atoms with Gasteiger partial charge in [0.15, 0.2) is 0 Å². The standard InChI is InChI=1S/C16H15F2NO3/c17-13-7-12(8-14(18)9-13)16(21)19-10-11-3-1-2-4-15(11)22-6-5-20/h1-4,7-9,20H,5-6,10H2,(H,19,21). The highest BCUT2D eigenvalue weighted by Crippen LogP contribution is 2.18. The van der Waals surface area contributed by atoms with Crippen LogP contribution >= 0.6 is 0 Å². The number of hydrogen-bond donors (Lipinski definition) is 2. The molecule has 0 aliphatic heterocycles. The van der Waals surface area contributed by atoms with E-state index in [0.717, 1.165) is 12.1 Å². The third-order valence-electron chi connectivity index (χ3n) is 2.89. The third-order valence-corrected chi connectivity index (χ3v) is 2.89. The highest BCUT2D eigenvalue weighted by atomic mass is 19.1. The Kier molecular flexibility index (Phi) is 5.43. The minimum absolute atomic E-state index is 0.0914.